The Morgan fingerprint density at radius 1 is 1.35 bits per heavy atom. The number of nitrogens with one attached hydrogen (secondary N) is 1. The quantitative estimate of drug-likeness (QED) is 0.293. The van der Waals surface area contributed by atoms with Crippen LogP contribution in [0.25, 0.3) is 0 Å². The predicted octanol–water partition coefficient (Wildman–Crippen LogP) is 2.41. The summed E-state index contributed by atoms with van der Waals surface area (Å²) in [6.45, 7) is 4.90. The van der Waals surface area contributed by atoms with Crippen LogP contribution in [0.3, 0.4) is 0 Å². The van der Waals surface area contributed by atoms with Gasteiger partial charge in [0, 0.05) is 44.1 Å². The molecule has 0 aromatic carbocycles. The molecule has 26 heavy (non-hydrogen) atoms. The Hall–Kier alpha value is -0.570. The molecule has 6 nitrogen and oxygen atoms in total. The first-order chi connectivity index (χ1) is 12.2. The fourth-order valence-electron chi connectivity index (χ4n) is 5.51. The fourth-order valence-corrected chi connectivity index (χ4v) is 5.51. The molecule has 1 N–H and O–H groups in total. The number of carbonyl (C=O) groups is 1. The van der Waals surface area contributed by atoms with E-state index in [9.17, 15) is 4.79 Å². The largest absolute Gasteiger partial charge is 0.466 e. The Bertz CT molecular complexity index is 552. The maximum Gasteiger partial charge on any atom is 0.310 e. The van der Waals surface area contributed by atoms with Crippen LogP contribution >= 0.6 is 24.0 Å². The summed E-state index contributed by atoms with van der Waals surface area (Å²) in [5, 5.41) is 3.77. The second kappa shape index (κ2) is 8.20. The average Bonchev–Trinajstić information content (AvgIpc) is 3.00. The van der Waals surface area contributed by atoms with E-state index in [-0.39, 0.29) is 35.9 Å². The van der Waals surface area contributed by atoms with Gasteiger partial charge in [0.2, 0.25) is 0 Å². The zero-order valence-electron chi connectivity index (χ0n) is 15.9. The van der Waals surface area contributed by atoms with Crippen molar-refractivity contribution in [3.8, 4) is 0 Å². The first-order valence-electron chi connectivity index (χ1n) is 9.96. The highest BCUT2D eigenvalue weighted by Crippen LogP contribution is 2.62. The fraction of sp³-hybridized carbons (Fsp3) is 0.895. The van der Waals surface area contributed by atoms with Crippen molar-refractivity contribution in [3.63, 3.8) is 0 Å². The zero-order chi connectivity index (χ0) is 17.4. The molecule has 4 rings (SSSR count). The molecular weight excluding hydrogens is 445 g/mol. The summed E-state index contributed by atoms with van der Waals surface area (Å²) >= 11 is 0. The minimum Gasteiger partial charge on any atom is -0.466 e. The van der Waals surface area contributed by atoms with Gasteiger partial charge in [-0.05, 0) is 39.0 Å². The Morgan fingerprint density at radius 2 is 2.15 bits per heavy atom. The van der Waals surface area contributed by atoms with Crippen molar-refractivity contribution in [2.24, 2.45) is 22.2 Å². The molecule has 2 aliphatic carbocycles. The Morgan fingerprint density at radius 3 is 2.81 bits per heavy atom. The number of fused-ring (bicyclic) bond motifs is 2. The molecule has 4 atom stereocenters. The molecular formula is C19H32IN3O3. The van der Waals surface area contributed by atoms with Crippen molar-refractivity contribution in [2.75, 3.05) is 33.4 Å². The van der Waals surface area contributed by atoms with Crippen LogP contribution in [0.4, 0.5) is 0 Å². The van der Waals surface area contributed by atoms with E-state index in [4.69, 9.17) is 9.47 Å². The van der Waals surface area contributed by atoms with E-state index in [1.54, 1.807) is 0 Å². The Labute approximate surface area is 173 Å². The summed E-state index contributed by atoms with van der Waals surface area (Å²) in [5.41, 5.74) is 0.341. The molecule has 0 aromatic rings. The van der Waals surface area contributed by atoms with Gasteiger partial charge in [-0.25, -0.2) is 0 Å². The normalized spacial score (nSPS) is 35.0. The molecule has 1 spiro atoms. The summed E-state index contributed by atoms with van der Waals surface area (Å²) < 4.78 is 11.3. The van der Waals surface area contributed by atoms with Gasteiger partial charge in [0.05, 0.1) is 18.6 Å². The maximum atomic E-state index is 12.1. The highest BCUT2D eigenvalue weighted by Gasteiger charge is 2.66. The summed E-state index contributed by atoms with van der Waals surface area (Å²) in [5.74, 6) is 1.48. The monoisotopic (exact) mass is 477 g/mol. The Balaban J connectivity index is 0.00000196. The van der Waals surface area contributed by atoms with Crippen LogP contribution in [0.2, 0.25) is 0 Å². The molecule has 4 fully saturated rings. The highest BCUT2D eigenvalue weighted by molar-refractivity contribution is 14.0. The van der Waals surface area contributed by atoms with Crippen LogP contribution in [0.15, 0.2) is 4.99 Å². The van der Waals surface area contributed by atoms with Gasteiger partial charge in [-0.1, -0.05) is 6.42 Å². The lowest BCUT2D eigenvalue weighted by atomic mass is 9.46. The molecule has 2 saturated heterocycles. The van der Waals surface area contributed by atoms with Crippen molar-refractivity contribution < 1.29 is 14.3 Å². The number of aliphatic imine (C=N–C) groups is 1. The molecule has 2 aliphatic heterocycles. The van der Waals surface area contributed by atoms with Gasteiger partial charge in [0.25, 0.3) is 0 Å². The zero-order valence-corrected chi connectivity index (χ0v) is 18.2. The number of carbonyl (C=O) groups excluding carboxylic acids is 1. The second-order valence-electron chi connectivity index (χ2n) is 8.04. The van der Waals surface area contributed by atoms with E-state index in [0.717, 1.165) is 38.4 Å². The number of ether oxygens (including phenoxy) is 2. The van der Waals surface area contributed by atoms with E-state index in [1.807, 2.05) is 14.0 Å². The van der Waals surface area contributed by atoms with Gasteiger partial charge >= 0.3 is 5.97 Å². The van der Waals surface area contributed by atoms with Crippen LogP contribution in [-0.4, -0.2) is 62.3 Å². The number of hydrogen-bond donors (Lipinski definition) is 1. The minimum absolute atomic E-state index is 0. The molecule has 0 amide bonds. The molecule has 3 unspecified atom stereocenters. The standard InChI is InChI=1S/C19H31N3O3.HI/c1-3-24-17(23)13-6-4-10-22(12-13)18(20-2)21-15-14-7-11-25-16(14)19(15)8-5-9-19;/h13-16H,3-12H2,1-2H3,(H,20,21);1H/t13-,14?,15?,16?;/m1./s1. The topological polar surface area (TPSA) is 63.2 Å². The Kier molecular flexibility index (Phi) is 6.37. The van der Waals surface area contributed by atoms with Gasteiger partial charge in [0.15, 0.2) is 5.96 Å². The summed E-state index contributed by atoms with van der Waals surface area (Å²) in [6.07, 6.45) is 7.41. The first kappa shape index (κ1) is 20.2. The first-order valence-corrected chi connectivity index (χ1v) is 9.96. The molecule has 4 aliphatic rings. The van der Waals surface area contributed by atoms with Crippen molar-refractivity contribution in [2.45, 2.75) is 57.6 Å². The number of esters is 1. The predicted molar refractivity (Wildman–Crippen MR) is 111 cm³/mol. The van der Waals surface area contributed by atoms with Crippen molar-refractivity contribution >= 4 is 35.9 Å². The van der Waals surface area contributed by atoms with Gasteiger partial charge in [0.1, 0.15) is 0 Å². The van der Waals surface area contributed by atoms with Gasteiger partial charge in [-0.2, -0.15) is 0 Å². The number of halogens is 1. The number of piperidine rings is 1. The van der Waals surface area contributed by atoms with Crippen LogP contribution in [0.1, 0.15) is 45.4 Å². The van der Waals surface area contributed by atoms with Gasteiger partial charge in [-0.15, -0.1) is 24.0 Å². The maximum absolute atomic E-state index is 12.1. The molecule has 148 valence electrons. The third-order valence-corrected chi connectivity index (χ3v) is 6.87. The van der Waals surface area contributed by atoms with Crippen LogP contribution in [-0.2, 0) is 14.3 Å². The second-order valence-corrected chi connectivity index (χ2v) is 8.04. The van der Waals surface area contributed by atoms with Crippen LogP contribution < -0.4 is 5.32 Å². The smallest absolute Gasteiger partial charge is 0.310 e. The van der Waals surface area contributed by atoms with E-state index < -0.39 is 0 Å². The number of rotatable bonds is 3. The third-order valence-electron chi connectivity index (χ3n) is 6.87. The lowest BCUT2D eigenvalue weighted by Crippen LogP contribution is -2.72. The van der Waals surface area contributed by atoms with E-state index in [2.05, 4.69) is 15.2 Å². The molecule has 7 heteroatoms. The van der Waals surface area contributed by atoms with E-state index in [1.165, 1.54) is 19.3 Å². The molecule has 2 saturated carbocycles. The molecule has 0 bridgehead atoms. The van der Waals surface area contributed by atoms with E-state index >= 15 is 0 Å². The highest BCUT2D eigenvalue weighted by atomic mass is 127. The van der Waals surface area contributed by atoms with Crippen LogP contribution in [0, 0.1) is 17.3 Å². The van der Waals surface area contributed by atoms with Gasteiger partial charge < -0.3 is 19.7 Å². The number of nitrogens with zero attached hydrogens (tertiary/aromatic N) is 2. The van der Waals surface area contributed by atoms with Gasteiger partial charge in [-0.3, -0.25) is 9.79 Å². The van der Waals surface area contributed by atoms with Crippen molar-refractivity contribution in [1.82, 2.24) is 10.2 Å². The van der Waals surface area contributed by atoms with E-state index in [0.29, 0.717) is 36.6 Å². The molecule has 0 radical (unpaired) electrons. The number of guanidine groups is 1. The summed E-state index contributed by atoms with van der Waals surface area (Å²) in [6, 6.07) is 0.482. The minimum atomic E-state index is -0.0639. The van der Waals surface area contributed by atoms with Crippen molar-refractivity contribution in [1.29, 1.82) is 0 Å². The lowest BCUT2D eigenvalue weighted by molar-refractivity contribution is -0.171. The van der Waals surface area contributed by atoms with Crippen LogP contribution in [0.5, 0.6) is 0 Å². The molecule has 0 aromatic heterocycles. The summed E-state index contributed by atoms with van der Waals surface area (Å²) in [4.78, 5) is 18.9. The number of hydrogen-bond acceptors (Lipinski definition) is 4. The SMILES string of the molecule is CCOC(=O)[C@@H]1CCCN(C(=NC)NC2C3CCOC3C23CCC3)C1.I. The average molecular weight is 477 g/mol. The van der Waals surface area contributed by atoms with Crippen molar-refractivity contribution in [3.05, 3.63) is 0 Å². The third kappa shape index (κ3) is 3.23. The molecule has 2 heterocycles. The summed E-state index contributed by atoms with van der Waals surface area (Å²) in [7, 11) is 1.85. The number of likely N-dealkylation sites (tertiary alicyclic amines) is 1. The lowest BCUT2D eigenvalue weighted by Gasteiger charge is -2.63.